The highest BCUT2D eigenvalue weighted by Gasteiger charge is 2.05. The first-order valence-corrected chi connectivity index (χ1v) is 8.14. The number of nitrogens with zero attached hydrogens (tertiary/aromatic N) is 1. The summed E-state index contributed by atoms with van der Waals surface area (Å²) < 4.78 is 0. The minimum atomic E-state index is -0.118. The lowest BCUT2D eigenvalue weighted by molar-refractivity contribution is -0.120. The molecule has 3 aromatic rings. The molecule has 3 heteroatoms. The first-order valence-electron chi connectivity index (χ1n) is 8.14. The quantitative estimate of drug-likeness (QED) is 0.559. The molecule has 0 unspecified atom stereocenters. The van der Waals surface area contributed by atoms with Gasteiger partial charge in [-0.05, 0) is 33.9 Å². The third kappa shape index (κ3) is 3.87. The van der Waals surface area contributed by atoms with Gasteiger partial charge in [0.25, 0.3) is 0 Å². The maximum atomic E-state index is 12.1. The Hall–Kier alpha value is -2.94. The number of rotatable bonds is 5. The summed E-state index contributed by atoms with van der Waals surface area (Å²) in [6, 6.07) is 22.2. The van der Waals surface area contributed by atoms with Crippen molar-refractivity contribution in [3.8, 4) is 0 Å². The molecular formula is C21H20N2O. The molecule has 0 bridgehead atoms. The number of fused-ring (bicyclic) bond motifs is 1. The average Bonchev–Trinajstić information content (AvgIpc) is 2.63. The average molecular weight is 316 g/mol. The molecule has 0 saturated carbocycles. The summed E-state index contributed by atoms with van der Waals surface area (Å²) >= 11 is 0. The van der Waals surface area contributed by atoms with Crippen LogP contribution in [0.4, 0.5) is 0 Å². The van der Waals surface area contributed by atoms with E-state index in [0.29, 0.717) is 6.42 Å². The molecule has 0 radical (unpaired) electrons. The van der Waals surface area contributed by atoms with Gasteiger partial charge in [0.15, 0.2) is 0 Å². The number of hydrogen-bond acceptors (Lipinski definition) is 2. The summed E-state index contributed by atoms with van der Waals surface area (Å²) in [6.07, 6.45) is 2.99. The summed E-state index contributed by atoms with van der Waals surface area (Å²) in [4.78, 5) is 12.1. The Balaban J connectivity index is 1.63. The van der Waals surface area contributed by atoms with Crippen LogP contribution in [0.3, 0.4) is 0 Å². The van der Waals surface area contributed by atoms with Gasteiger partial charge in [-0.1, -0.05) is 73.7 Å². The second-order valence-electron chi connectivity index (χ2n) is 5.70. The Labute approximate surface area is 142 Å². The van der Waals surface area contributed by atoms with Gasteiger partial charge < -0.3 is 0 Å². The molecule has 24 heavy (non-hydrogen) atoms. The van der Waals surface area contributed by atoms with Crippen molar-refractivity contribution in [1.82, 2.24) is 5.43 Å². The molecule has 0 saturated heterocycles. The smallest absolute Gasteiger partial charge is 0.244 e. The van der Waals surface area contributed by atoms with Gasteiger partial charge in [-0.3, -0.25) is 4.79 Å². The minimum Gasteiger partial charge on any atom is -0.273 e. The van der Waals surface area contributed by atoms with Crippen LogP contribution in [0.1, 0.15) is 23.6 Å². The largest absolute Gasteiger partial charge is 0.273 e. The monoisotopic (exact) mass is 316 g/mol. The van der Waals surface area contributed by atoms with E-state index in [1.54, 1.807) is 6.21 Å². The molecular weight excluding hydrogens is 296 g/mol. The SMILES string of the molecule is CCc1ccc(C=NNC(=O)Cc2cccc3ccccc23)cc1. The van der Waals surface area contributed by atoms with Crippen molar-refractivity contribution in [3.63, 3.8) is 0 Å². The van der Waals surface area contributed by atoms with E-state index in [2.05, 4.69) is 41.7 Å². The minimum absolute atomic E-state index is 0.118. The van der Waals surface area contributed by atoms with Crippen molar-refractivity contribution in [2.45, 2.75) is 19.8 Å². The number of nitrogens with one attached hydrogen (secondary N) is 1. The van der Waals surface area contributed by atoms with Gasteiger partial charge in [-0.15, -0.1) is 0 Å². The summed E-state index contributed by atoms with van der Waals surface area (Å²) in [5.74, 6) is -0.118. The van der Waals surface area contributed by atoms with Crippen LogP contribution in [0.15, 0.2) is 71.8 Å². The Bertz CT molecular complexity index is 861. The van der Waals surface area contributed by atoms with Gasteiger partial charge >= 0.3 is 0 Å². The van der Waals surface area contributed by atoms with Gasteiger partial charge in [-0.25, -0.2) is 5.43 Å². The first-order chi connectivity index (χ1) is 11.8. The van der Waals surface area contributed by atoms with E-state index in [0.717, 1.165) is 28.3 Å². The fourth-order valence-corrected chi connectivity index (χ4v) is 2.68. The topological polar surface area (TPSA) is 41.5 Å². The van der Waals surface area contributed by atoms with Gasteiger partial charge in [0.1, 0.15) is 0 Å². The number of hydrogen-bond donors (Lipinski definition) is 1. The third-order valence-corrected chi connectivity index (χ3v) is 4.02. The van der Waals surface area contributed by atoms with Crippen LogP contribution in [-0.4, -0.2) is 12.1 Å². The maximum Gasteiger partial charge on any atom is 0.244 e. The normalized spacial score (nSPS) is 11.0. The molecule has 0 aliphatic heterocycles. The van der Waals surface area contributed by atoms with E-state index in [1.165, 1.54) is 5.56 Å². The van der Waals surface area contributed by atoms with E-state index < -0.39 is 0 Å². The van der Waals surface area contributed by atoms with Crippen molar-refractivity contribution in [1.29, 1.82) is 0 Å². The number of amides is 1. The lowest BCUT2D eigenvalue weighted by Crippen LogP contribution is -2.19. The van der Waals surface area contributed by atoms with Crippen molar-refractivity contribution >= 4 is 22.9 Å². The van der Waals surface area contributed by atoms with Gasteiger partial charge in [-0.2, -0.15) is 5.10 Å². The van der Waals surface area contributed by atoms with Crippen molar-refractivity contribution in [3.05, 3.63) is 83.4 Å². The van der Waals surface area contributed by atoms with Gasteiger partial charge in [0.05, 0.1) is 12.6 Å². The molecule has 0 aliphatic rings. The van der Waals surface area contributed by atoms with Gasteiger partial charge in [0.2, 0.25) is 5.91 Å². The number of benzene rings is 3. The van der Waals surface area contributed by atoms with E-state index >= 15 is 0 Å². The number of carbonyl (C=O) groups excluding carboxylic acids is 1. The Kier molecular flexibility index (Phi) is 5.02. The highest BCUT2D eigenvalue weighted by Crippen LogP contribution is 2.18. The Morgan fingerprint density at radius 1 is 1.00 bits per heavy atom. The fourth-order valence-electron chi connectivity index (χ4n) is 2.68. The molecule has 0 atom stereocenters. The Morgan fingerprint density at radius 3 is 2.54 bits per heavy atom. The van der Waals surface area contributed by atoms with Crippen LogP contribution in [0.2, 0.25) is 0 Å². The molecule has 1 amide bonds. The number of hydrazone groups is 1. The molecule has 120 valence electrons. The highest BCUT2D eigenvalue weighted by atomic mass is 16.2. The van der Waals surface area contributed by atoms with Crippen LogP contribution in [0, 0.1) is 0 Å². The molecule has 0 heterocycles. The molecule has 0 fully saturated rings. The lowest BCUT2D eigenvalue weighted by atomic mass is 10.0. The summed E-state index contributed by atoms with van der Waals surface area (Å²) in [5, 5.41) is 6.30. The van der Waals surface area contributed by atoms with E-state index in [9.17, 15) is 4.79 Å². The van der Waals surface area contributed by atoms with Crippen molar-refractivity contribution in [2.75, 3.05) is 0 Å². The number of aryl methyl sites for hydroxylation is 1. The second-order valence-corrected chi connectivity index (χ2v) is 5.70. The molecule has 0 aliphatic carbocycles. The van der Waals surface area contributed by atoms with Crippen molar-refractivity contribution < 1.29 is 4.79 Å². The zero-order valence-electron chi connectivity index (χ0n) is 13.7. The Morgan fingerprint density at radius 2 is 1.75 bits per heavy atom. The molecule has 0 spiro atoms. The molecule has 3 aromatic carbocycles. The van der Waals surface area contributed by atoms with Crippen LogP contribution >= 0.6 is 0 Å². The predicted molar refractivity (Wildman–Crippen MR) is 99.2 cm³/mol. The van der Waals surface area contributed by atoms with Gasteiger partial charge in [0, 0.05) is 0 Å². The summed E-state index contributed by atoms with van der Waals surface area (Å²) in [6.45, 7) is 2.12. The van der Waals surface area contributed by atoms with E-state index in [-0.39, 0.29) is 5.91 Å². The zero-order valence-corrected chi connectivity index (χ0v) is 13.7. The molecule has 1 N–H and O–H groups in total. The van der Waals surface area contributed by atoms with Crippen LogP contribution in [0.25, 0.3) is 10.8 Å². The maximum absolute atomic E-state index is 12.1. The third-order valence-electron chi connectivity index (χ3n) is 4.02. The summed E-state index contributed by atoms with van der Waals surface area (Å²) in [5.41, 5.74) is 5.87. The molecule has 0 aromatic heterocycles. The summed E-state index contributed by atoms with van der Waals surface area (Å²) in [7, 11) is 0. The predicted octanol–water partition coefficient (Wildman–Crippen LogP) is 4.10. The zero-order chi connectivity index (χ0) is 16.8. The van der Waals surface area contributed by atoms with Crippen LogP contribution in [0.5, 0.6) is 0 Å². The second kappa shape index (κ2) is 7.55. The lowest BCUT2D eigenvalue weighted by Gasteiger charge is -2.05. The highest BCUT2D eigenvalue weighted by molar-refractivity contribution is 5.90. The number of carbonyl (C=O) groups is 1. The van der Waals surface area contributed by atoms with Crippen LogP contribution in [-0.2, 0) is 17.6 Å². The van der Waals surface area contributed by atoms with Crippen molar-refractivity contribution in [2.24, 2.45) is 5.10 Å². The molecule has 3 rings (SSSR count). The standard InChI is InChI=1S/C21H20N2O/c1-2-16-10-12-17(13-11-16)15-22-23-21(24)14-19-8-5-7-18-6-3-4-9-20(18)19/h3-13,15H,2,14H2,1H3,(H,23,24). The van der Waals surface area contributed by atoms with E-state index in [4.69, 9.17) is 0 Å². The fraction of sp³-hybridized carbons (Fsp3) is 0.143. The first kappa shape index (κ1) is 15.9. The molecule has 3 nitrogen and oxygen atoms in total. The van der Waals surface area contributed by atoms with Crippen LogP contribution < -0.4 is 5.43 Å². The van der Waals surface area contributed by atoms with E-state index in [1.807, 2.05) is 42.5 Å².